The molecule has 194 valence electrons. The predicted molar refractivity (Wildman–Crippen MR) is 125 cm³/mol. The number of amides is 1. The largest absolute Gasteiger partial charge is 0.416 e. The lowest BCUT2D eigenvalue weighted by Gasteiger charge is -2.18. The molecule has 0 fully saturated rings. The number of carbonyl (C=O) groups is 1. The van der Waals surface area contributed by atoms with Crippen LogP contribution >= 0.6 is 0 Å². The zero-order chi connectivity index (χ0) is 26.9. The summed E-state index contributed by atoms with van der Waals surface area (Å²) >= 11 is 0. The Hall–Kier alpha value is -4.19. The molecule has 37 heavy (non-hydrogen) atoms. The van der Waals surface area contributed by atoms with Crippen LogP contribution in [0, 0.1) is 20.8 Å². The van der Waals surface area contributed by atoms with Crippen molar-refractivity contribution in [2.24, 2.45) is 0 Å². The molecule has 0 bridgehead atoms. The van der Waals surface area contributed by atoms with Gasteiger partial charge in [-0.05, 0) is 45.0 Å². The first kappa shape index (κ1) is 25.9. The molecule has 4 aromatic rings. The van der Waals surface area contributed by atoms with Gasteiger partial charge >= 0.3 is 6.18 Å². The number of nitrogens with one attached hydrogen (secondary N) is 1. The van der Waals surface area contributed by atoms with E-state index in [1.165, 1.54) is 18.2 Å². The fraction of sp³-hybridized carbons (Fsp3) is 0.280. The molecule has 9 nitrogen and oxygen atoms in total. The van der Waals surface area contributed by atoms with Crippen LogP contribution < -0.4 is 10.9 Å². The number of alkyl halides is 3. The number of benzene rings is 1. The molecule has 0 aliphatic rings. The predicted octanol–water partition coefficient (Wildman–Crippen LogP) is 3.89. The van der Waals surface area contributed by atoms with Gasteiger partial charge in [-0.15, -0.1) is 0 Å². The maximum absolute atomic E-state index is 13.5. The van der Waals surface area contributed by atoms with E-state index in [9.17, 15) is 22.8 Å². The summed E-state index contributed by atoms with van der Waals surface area (Å²) in [7, 11) is 0. The highest BCUT2D eigenvalue weighted by Crippen LogP contribution is 2.33. The Kier molecular flexibility index (Phi) is 7.03. The molecule has 0 radical (unpaired) electrons. The van der Waals surface area contributed by atoms with Crippen LogP contribution in [0.5, 0.6) is 0 Å². The van der Waals surface area contributed by atoms with Crippen LogP contribution in [0.25, 0.3) is 16.8 Å². The van der Waals surface area contributed by atoms with Crippen molar-refractivity contribution in [3.05, 3.63) is 86.5 Å². The molecular formula is C25H23F3N4O5. The van der Waals surface area contributed by atoms with E-state index in [-0.39, 0.29) is 30.8 Å². The first-order valence-corrected chi connectivity index (χ1v) is 11.2. The highest BCUT2D eigenvalue weighted by molar-refractivity contribution is 5.95. The van der Waals surface area contributed by atoms with Gasteiger partial charge in [0.1, 0.15) is 11.3 Å². The molecule has 0 saturated carbocycles. The Bertz CT molecular complexity index is 1500. The van der Waals surface area contributed by atoms with Crippen molar-refractivity contribution in [3.8, 4) is 16.8 Å². The molecule has 1 amide bonds. The molecule has 0 unspecified atom stereocenters. The van der Waals surface area contributed by atoms with Crippen LogP contribution in [-0.4, -0.2) is 32.5 Å². The minimum Gasteiger partial charge on any atom is -0.396 e. The Morgan fingerprint density at radius 3 is 2.51 bits per heavy atom. The number of aliphatic hydroxyl groups is 1. The van der Waals surface area contributed by atoms with Crippen molar-refractivity contribution < 1.29 is 32.1 Å². The van der Waals surface area contributed by atoms with E-state index >= 15 is 0 Å². The second-order valence-electron chi connectivity index (χ2n) is 8.39. The summed E-state index contributed by atoms with van der Waals surface area (Å²) in [6.45, 7) is 4.68. The van der Waals surface area contributed by atoms with E-state index in [0.29, 0.717) is 39.7 Å². The normalized spacial score (nSPS) is 11.6. The van der Waals surface area contributed by atoms with Crippen LogP contribution in [0.4, 0.5) is 13.2 Å². The van der Waals surface area contributed by atoms with Crippen LogP contribution in [0.1, 0.15) is 44.5 Å². The molecule has 2 N–H and O–H groups in total. The van der Waals surface area contributed by atoms with E-state index in [1.807, 2.05) is 0 Å². The van der Waals surface area contributed by atoms with E-state index in [1.54, 1.807) is 26.8 Å². The Labute approximate surface area is 208 Å². The molecule has 0 aliphatic heterocycles. The van der Waals surface area contributed by atoms with Gasteiger partial charge < -0.3 is 19.5 Å². The maximum Gasteiger partial charge on any atom is 0.416 e. The first-order chi connectivity index (χ1) is 17.5. The van der Waals surface area contributed by atoms with Gasteiger partial charge in [-0.1, -0.05) is 16.4 Å². The van der Waals surface area contributed by atoms with Crippen molar-refractivity contribution in [1.29, 1.82) is 0 Å². The minimum atomic E-state index is -4.63. The number of carbonyl (C=O) groups excluding carboxylic acids is 1. The zero-order valence-corrected chi connectivity index (χ0v) is 20.1. The highest BCUT2D eigenvalue weighted by Gasteiger charge is 2.31. The van der Waals surface area contributed by atoms with Gasteiger partial charge in [0.15, 0.2) is 5.76 Å². The Morgan fingerprint density at radius 1 is 1.11 bits per heavy atom. The molecule has 3 heterocycles. The monoisotopic (exact) mass is 516 g/mol. The quantitative estimate of drug-likeness (QED) is 0.382. The number of pyridine rings is 1. The number of halogens is 3. The summed E-state index contributed by atoms with van der Waals surface area (Å²) in [5.41, 5.74) is 0.127. The number of nitrogens with zero attached hydrogens (tertiary/aromatic N) is 3. The van der Waals surface area contributed by atoms with Gasteiger partial charge in [-0.2, -0.15) is 13.2 Å². The van der Waals surface area contributed by atoms with Crippen molar-refractivity contribution in [3.63, 3.8) is 0 Å². The lowest BCUT2D eigenvalue weighted by Crippen LogP contribution is -2.33. The van der Waals surface area contributed by atoms with Crippen LogP contribution in [0.2, 0.25) is 0 Å². The molecule has 0 aliphatic carbocycles. The summed E-state index contributed by atoms with van der Waals surface area (Å²) in [5.74, 6) is -0.0498. The molecule has 1 aromatic carbocycles. The lowest BCUT2D eigenvalue weighted by atomic mass is 9.99. The van der Waals surface area contributed by atoms with Gasteiger partial charge in [0.25, 0.3) is 11.5 Å². The van der Waals surface area contributed by atoms with Crippen molar-refractivity contribution in [1.82, 2.24) is 20.2 Å². The fourth-order valence-electron chi connectivity index (χ4n) is 4.05. The smallest absolute Gasteiger partial charge is 0.396 e. The van der Waals surface area contributed by atoms with E-state index in [2.05, 4.69) is 15.6 Å². The summed E-state index contributed by atoms with van der Waals surface area (Å²) in [6.07, 6.45) is -4.35. The minimum absolute atomic E-state index is 0.0520. The SMILES string of the molecule is Cc1noc(C)c1-c1cc(C(=O)NCc2cc(CCO)no2)c(=O)n(-c2cccc(C(F)(F)F)c2)c1C. The molecule has 0 saturated heterocycles. The fourth-order valence-corrected chi connectivity index (χ4v) is 4.05. The first-order valence-electron chi connectivity index (χ1n) is 11.2. The topological polar surface area (TPSA) is 123 Å². The van der Waals surface area contributed by atoms with E-state index < -0.39 is 23.2 Å². The zero-order valence-electron chi connectivity index (χ0n) is 20.1. The van der Waals surface area contributed by atoms with Gasteiger partial charge in [-0.25, -0.2) is 0 Å². The van der Waals surface area contributed by atoms with Crippen molar-refractivity contribution in [2.75, 3.05) is 6.61 Å². The second-order valence-corrected chi connectivity index (χ2v) is 8.39. The van der Waals surface area contributed by atoms with Crippen molar-refractivity contribution in [2.45, 2.75) is 39.9 Å². The molecule has 0 spiro atoms. The third kappa shape index (κ3) is 5.19. The molecule has 12 heteroatoms. The van der Waals surface area contributed by atoms with Crippen LogP contribution in [0.3, 0.4) is 0 Å². The highest BCUT2D eigenvalue weighted by atomic mass is 19.4. The molecule has 4 rings (SSSR count). The molecule has 0 atom stereocenters. The summed E-state index contributed by atoms with van der Waals surface area (Å²) < 4.78 is 51.7. The maximum atomic E-state index is 13.5. The Morgan fingerprint density at radius 2 is 1.86 bits per heavy atom. The van der Waals surface area contributed by atoms with Gasteiger partial charge in [0.2, 0.25) is 0 Å². The molecular weight excluding hydrogens is 493 g/mol. The van der Waals surface area contributed by atoms with Crippen molar-refractivity contribution >= 4 is 5.91 Å². The van der Waals surface area contributed by atoms with E-state index in [4.69, 9.17) is 14.2 Å². The number of aryl methyl sites for hydroxylation is 2. The number of aromatic nitrogens is 3. The third-order valence-corrected chi connectivity index (χ3v) is 5.83. The number of hydrogen-bond donors (Lipinski definition) is 2. The third-order valence-electron chi connectivity index (χ3n) is 5.83. The van der Waals surface area contributed by atoms with E-state index in [0.717, 1.165) is 16.7 Å². The average molecular weight is 516 g/mol. The standard InChI is InChI=1S/C25H23F3N4O5/c1-13-22(15(3)36-30-13)20-11-21(23(34)29-12-19-10-17(7-8-33)31-37-19)24(35)32(14(20)2)18-6-4-5-16(9-18)25(26,27)28/h4-6,9-11,33H,7-8,12H2,1-3H3,(H,29,34). The van der Waals surface area contributed by atoms with Gasteiger partial charge in [0, 0.05) is 41.6 Å². The summed E-state index contributed by atoms with van der Waals surface area (Å²) in [4.78, 5) is 26.6. The van der Waals surface area contributed by atoms with Gasteiger partial charge in [0.05, 0.1) is 23.5 Å². The summed E-state index contributed by atoms with van der Waals surface area (Å²) in [5, 5.41) is 19.3. The number of rotatable bonds is 7. The van der Waals surface area contributed by atoms with Gasteiger partial charge in [-0.3, -0.25) is 14.2 Å². The average Bonchev–Trinajstić information content (AvgIpc) is 3.43. The van der Waals surface area contributed by atoms with Crippen LogP contribution in [0.15, 0.2) is 50.2 Å². The second kappa shape index (κ2) is 10.1. The van der Waals surface area contributed by atoms with Crippen LogP contribution in [-0.2, 0) is 19.1 Å². The number of hydrogen-bond acceptors (Lipinski definition) is 7. The molecule has 3 aromatic heterocycles. The Balaban J connectivity index is 1.83. The number of aliphatic hydroxyl groups excluding tert-OH is 1. The summed E-state index contributed by atoms with van der Waals surface area (Å²) in [6, 6.07) is 7.24. The lowest BCUT2D eigenvalue weighted by molar-refractivity contribution is -0.137.